The second-order valence-electron chi connectivity index (χ2n) is 4.18. The molecule has 0 aliphatic rings. The van der Waals surface area contributed by atoms with E-state index < -0.39 is 44.8 Å². The van der Waals surface area contributed by atoms with Gasteiger partial charge in [-0.05, 0) is 18.6 Å². The van der Waals surface area contributed by atoms with E-state index in [1.807, 2.05) is 0 Å². The summed E-state index contributed by atoms with van der Waals surface area (Å²) in [6.07, 6.45) is 0.447. The minimum absolute atomic E-state index is 0.130. The zero-order chi connectivity index (χ0) is 15.3. The summed E-state index contributed by atoms with van der Waals surface area (Å²) in [5, 5.41) is 8.89. The van der Waals surface area contributed by atoms with Gasteiger partial charge in [0.15, 0.2) is 5.82 Å². The van der Waals surface area contributed by atoms with Crippen LogP contribution in [0.2, 0.25) is 0 Å². The van der Waals surface area contributed by atoms with Gasteiger partial charge in [0.05, 0.1) is 18.8 Å². The summed E-state index contributed by atoms with van der Waals surface area (Å²) < 4.78 is 58.4. The lowest BCUT2D eigenvalue weighted by atomic mass is 10.2. The van der Waals surface area contributed by atoms with Gasteiger partial charge in [-0.3, -0.25) is 0 Å². The van der Waals surface area contributed by atoms with E-state index >= 15 is 0 Å². The van der Waals surface area contributed by atoms with Gasteiger partial charge < -0.3 is 9.84 Å². The maximum Gasteiger partial charge on any atom is 0.243 e. The molecule has 0 bridgehead atoms. The van der Waals surface area contributed by atoms with Crippen LogP contribution in [0.1, 0.15) is 18.9 Å². The molecule has 0 spiro atoms. The number of aliphatic hydroxyl groups excluding tert-OH is 1. The number of hydrogen-bond acceptors (Lipinski definition) is 4. The van der Waals surface area contributed by atoms with Crippen molar-refractivity contribution >= 4 is 10.0 Å². The van der Waals surface area contributed by atoms with Gasteiger partial charge >= 0.3 is 0 Å². The summed E-state index contributed by atoms with van der Waals surface area (Å²) in [4.78, 5) is -0.697. The van der Waals surface area contributed by atoms with E-state index in [1.54, 1.807) is 6.92 Å². The quantitative estimate of drug-likeness (QED) is 0.792. The summed E-state index contributed by atoms with van der Waals surface area (Å²) in [6.45, 7) is 0.952. The Morgan fingerprint density at radius 3 is 2.55 bits per heavy atom. The predicted molar refractivity (Wildman–Crippen MR) is 68.6 cm³/mol. The number of benzene rings is 1. The molecule has 0 aromatic heterocycles. The van der Waals surface area contributed by atoms with E-state index in [0.717, 1.165) is 12.1 Å². The molecule has 0 saturated carbocycles. The number of methoxy groups -OCH3 is 1. The molecular weight excluding hydrogens is 292 g/mol. The van der Waals surface area contributed by atoms with Gasteiger partial charge in [0, 0.05) is 13.2 Å². The number of hydrogen-bond donors (Lipinski definition) is 2. The van der Waals surface area contributed by atoms with Gasteiger partial charge in [0.25, 0.3) is 0 Å². The standard InChI is InChI=1S/C12H17F2NO4S/c1-3-8(7-19-2)15-20(17,18)11-5-4-10(13)9(6-16)12(11)14/h4-5,8,15-16H,3,6-7H2,1-2H3. The molecule has 1 unspecified atom stereocenters. The monoisotopic (exact) mass is 309 g/mol. The molecule has 0 saturated heterocycles. The maximum atomic E-state index is 13.9. The molecule has 8 heteroatoms. The van der Waals surface area contributed by atoms with Crippen molar-refractivity contribution in [1.29, 1.82) is 0 Å². The second-order valence-corrected chi connectivity index (χ2v) is 5.86. The van der Waals surface area contributed by atoms with Crippen molar-refractivity contribution < 1.29 is 27.0 Å². The Labute approximate surface area is 116 Å². The fraction of sp³-hybridized carbons (Fsp3) is 0.500. The van der Waals surface area contributed by atoms with Crippen LogP contribution in [0, 0.1) is 11.6 Å². The molecule has 0 heterocycles. The van der Waals surface area contributed by atoms with Gasteiger partial charge in [-0.2, -0.15) is 0 Å². The summed E-state index contributed by atoms with van der Waals surface area (Å²) in [5.74, 6) is -2.28. The van der Waals surface area contributed by atoms with Gasteiger partial charge in [-0.25, -0.2) is 21.9 Å². The van der Waals surface area contributed by atoms with E-state index in [-0.39, 0.29) is 6.61 Å². The fourth-order valence-corrected chi connectivity index (χ4v) is 3.05. The summed E-state index contributed by atoms with van der Waals surface area (Å²) in [5.41, 5.74) is -0.673. The number of sulfonamides is 1. The first kappa shape index (κ1) is 17.0. The van der Waals surface area contributed by atoms with Crippen LogP contribution < -0.4 is 4.72 Å². The third-order valence-corrected chi connectivity index (χ3v) is 4.32. The first-order valence-corrected chi connectivity index (χ1v) is 7.44. The van der Waals surface area contributed by atoms with E-state index in [4.69, 9.17) is 9.84 Å². The van der Waals surface area contributed by atoms with Crippen molar-refractivity contribution in [2.45, 2.75) is 30.9 Å². The van der Waals surface area contributed by atoms with Crippen LogP contribution in [0.4, 0.5) is 8.78 Å². The first-order chi connectivity index (χ1) is 9.37. The Hall–Kier alpha value is -1.09. The molecule has 0 fully saturated rings. The summed E-state index contributed by atoms with van der Waals surface area (Å²) in [6, 6.07) is 1.11. The first-order valence-electron chi connectivity index (χ1n) is 5.96. The number of rotatable bonds is 7. The third-order valence-electron chi connectivity index (χ3n) is 2.78. The lowest BCUT2D eigenvalue weighted by Crippen LogP contribution is -2.38. The highest BCUT2D eigenvalue weighted by Crippen LogP contribution is 2.21. The van der Waals surface area contributed by atoms with Gasteiger partial charge in [0.2, 0.25) is 10.0 Å². The Kier molecular flexibility index (Phi) is 6.00. The fourth-order valence-electron chi connectivity index (χ4n) is 1.65. The Morgan fingerprint density at radius 1 is 1.40 bits per heavy atom. The normalized spacial score (nSPS) is 13.4. The lowest BCUT2D eigenvalue weighted by molar-refractivity contribution is 0.173. The molecule has 0 amide bonds. The van der Waals surface area contributed by atoms with Crippen molar-refractivity contribution in [3.8, 4) is 0 Å². The average Bonchev–Trinajstić information content (AvgIpc) is 2.38. The Morgan fingerprint density at radius 2 is 2.05 bits per heavy atom. The third kappa shape index (κ3) is 3.72. The second kappa shape index (κ2) is 7.07. The number of aliphatic hydroxyl groups is 1. The topological polar surface area (TPSA) is 75.6 Å². The Balaban J connectivity index is 3.16. The van der Waals surface area contributed by atoms with Crippen LogP contribution in [0.25, 0.3) is 0 Å². The van der Waals surface area contributed by atoms with Crippen LogP contribution in [0.3, 0.4) is 0 Å². The molecule has 1 atom stereocenters. The summed E-state index contributed by atoms with van der Waals surface area (Å²) >= 11 is 0. The largest absolute Gasteiger partial charge is 0.391 e. The van der Waals surface area contributed by atoms with Gasteiger partial charge in [0.1, 0.15) is 10.7 Å². The van der Waals surface area contributed by atoms with E-state index in [0.29, 0.717) is 6.42 Å². The molecule has 5 nitrogen and oxygen atoms in total. The van der Waals surface area contributed by atoms with E-state index in [9.17, 15) is 17.2 Å². The van der Waals surface area contributed by atoms with Gasteiger partial charge in [-0.1, -0.05) is 6.92 Å². The molecule has 0 aliphatic heterocycles. The molecule has 20 heavy (non-hydrogen) atoms. The van der Waals surface area contributed by atoms with Crippen LogP contribution >= 0.6 is 0 Å². The molecule has 1 rings (SSSR count). The van der Waals surface area contributed by atoms with Crippen molar-refractivity contribution in [1.82, 2.24) is 4.72 Å². The van der Waals surface area contributed by atoms with E-state index in [1.165, 1.54) is 7.11 Å². The zero-order valence-electron chi connectivity index (χ0n) is 11.2. The van der Waals surface area contributed by atoms with Crippen LogP contribution in [-0.4, -0.2) is 33.3 Å². The molecule has 2 N–H and O–H groups in total. The number of ether oxygens (including phenoxy) is 1. The summed E-state index contributed by atoms with van der Waals surface area (Å²) in [7, 11) is -2.74. The average molecular weight is 309 g/mol. The molecule has 114 valence electrons. The SMILES string of the molecule is CCC(COC)NS(=O)(=O)c1ccc(F)c(CO)c1F. The molecular formula is C12H17F2NO4S. The predicted octanol–water partition coefficient (Wildman–Crippen LogP) is 1.16. The highest BCUT2D eigenvalue weighted by atomic mass is 32.2. The highest BCUT2D eigenvalue weighted by Gasteiger charge is 2.25. The molecule has 0 aliphatic carbocycles. The van der Waals surface area contributed by atoms with Crippen molar-refractivity contribution in [3.05, 3.63) is 29.3 Å². The van der Waals surface area contributed by atoms with Crippen LogP contribution in [0.15, 0.2) is 17.0 Å². The van der Waals surface area contributed by atoms with Crippen LogP contribution in [0.5, 0.6) is 0 Å². The highest BCUT2D eigenvalue weighted by molar-refractivity contribution is 7.89. The van der Waals surface area contributed by atoms with Crippen molar-refractivity contribution in [3.63, 3.8) is 0 Å². The Bertz CT molecular complexity index is 563. The van der Waals surface area contributed by atoms with E-state index in [2.05, 4.69) is 4.72 Å². The van der Waals surface area contributed by atoms with Crippen molar-refractivity contribution in [2.24, 2.45) is 0 Å². The minimum Gasteiger partial charge on any atom is -0.391 e. The number of nitrogens with one attached hydrogen (secondary N) is 1. The van der Waals surface area contributed by atoms with Crippen molar-refractivity contribution in [2.75, 3.05) is 13.7 Å². The maximum absolute atomic E-state index is 13.9. The molecule has 0 radical (unpaired) electrons. The van der Waals surface area contributed by atoms with Crippen LogP contribution in [-0.2, 0) is 21.4 Å². The number of halogens is 2. The minimum atomic E-state index is -4.16. The van der Waals surface area contributed by atoms with Gasteiger partial charge in [-0.15, -0.1) is 0 Å². The lowest BCUT2D eigenvalue weighted by Gasteiger charge is -2.17. The smallest absolute Gasteiger partial charge is 0.243 e. The zero-order valence-corrected chi connectivity index (χ0v) is 12.0. The molecule has 1 aromatic carbocycles. The molecule has 1 aromatic rings.